The smallest absolute Gasteiger partial charge is 0.250 e. The van der Waals surface area contributed by atoms with Crippen molar-refractivity contribution in [3.05, 3.63) is 18.7 Å². The highest BCUT2D eigenvalue weighted by molar-refractivity contribution is 5.56. The lowest BCUT2D eigenvalue weighted by Crippen LogP contribution is -2.04. The van der Waals surface area contributed by atoms with Crippen LogP contribution in [0.15, 0.2) is 18.7 Å². The van der Waals surface area contributed by atoms with E-state index in [9.17, 15) is 0 Å². The summed E-state index contributed by atoms with van der Waals surface area (Å²) in [6.45, 7) is 6.63. The lowest BCUT2D eigenvalue weighted by atomic mass is 10.4. The molecule has 0 unspecified atom stereocenters. The molecule has 2 rings (SSSR count). The molecule has 0 saturated carbocycles. The second kappa shape index (κ2) is 6.23. The highest BCUT2D eigenvalue weighted by atomic mass is 16.5. The van der Waals surface area contributed by atoms with Crippen molar-refractivity contribution in [1.82, 2.24) is 19.7 Å². The zero-order chi connectivity index (χ0) is 14.5. The van der Waals surface area contributed by atoms with Crippen LogP contribution in [-0.4, -0.2) is 26.4 Å². The number of nitrogens with zero attached hydrogens (tertiary/aromatic N) is 4. The Bertz CT molecular complexity index is 568. The molecule has 0 amide bonds. The standard InChI is InChI=1S/C13H19N5O2/c1-4-5-19-12-11(14)13(16-8-15-12)20-10-6-17-18(7-10)9(2)3/h6-9H,4-5,14H2,1-3H3. The number of aromatic nitrogens is 4. The van der Waals surface area contributed by atoms with Gasteiger partial charge < -0.3 is 15.2 Å². The zero-order valence-electron chi connectivity index (χ0n) is 11.9. The van der Waals surface area contributed by atoms with Gasteiger partial charge in [-0.1, -0.05) is 6.92 Å². The largest absolute Gasteiger partial charge is 0.476 e. The molecule has 0 aliphatic heterocycles. The fraction of sp³-hybridized carbons (Fsp3) is 0.462. The minimum atomic E-state index is 0.263. The molecular weight excluding hydrogens is 258 g/mol. The van der Waals surface area contributed by atoms with Crippen LogP contribution in [0.5, 0.6) is 17.5 Å². The minimum absolute atomic E-state index is 0.263. The van der Waals surface area contributed by atoms with Gasteiger partial charge in [0.25, 0.3) is 0 Å². The fourth-order valence-corrected chi connectivity index (χ4v) is 1.53. The normalized spacial score (nSPS) is 10.8. The highest BCUT2D eigenvalue weighted by Gasteiger charge is 2.12. The summed E-state index contributed by atoms with van der Waals surface area (Å²) < 4.78 is 12.8. The van der Waals surface area contributed by atoms with E-state index in [0.29, 0.717) is 23.9 Å². The predicted molar refractivity (Wildman–Crippen MR) is 74.9 cm³/mol. The zero-order valence-corrected chi connectivity index (χ0v) is 11.9. The van der Waals surface area contributed by atoms with E-state index >= 15 is 0 Å². The first kappa shape index (κ1) is 14.1. The van der Waals surface area contributed by atoms with E-state index < -0.39 is 0 Å². The van der Waals surface area contributed by atoms with Crippen molar-refractivity contribution in [2.24, 2.45) is 0 Å². The maximum Gasteiger partial charge on any atom is 0.250 e. The van der Waals surface area contributed by atoms with E-state index in [4.69, 9.17) is 15.2 Å². The van der Waals surface area contributed by atoms with Gasteiger partial charge in [-0.3, -0.25) is 4.68 Å². The second-order valence-electron chi connectivity index (χ2n) is 4.60. The van der Waals surface area contributed by atoms with Gasteiger partial charge in [-0.15, -0.1) is 0 Å². The summed E-state index contributed by atoms with van der Waals surface area (Å²) in [5, 5.41) is 4.19. The lowest BCUT2D eigenvalue weighted by Gasteiger charge is -2.09. The third-order valence-electron chi connectivity index (χ3n) is 2.58. The van der Waals surface area contributed by atoms with Crippen LogP contribution < -0.4 is 15.2 Å². The topological polar surface area (TPSA) is 88.1 Å². The van der Waals surface area contributed by atoms with Gasteiger partial charge in [-0.25, -0.2) is 0 Å². The number of nitrogens with two attached hydrogens (primary N) is 1. The molecule has 0 saturated heterocycles. The fourth-order valence-electron chi connectivity index (χ4n) is 1.53. The quantitative estimate of drug-likeness (QED) is 0.872. The predicted octanol–water partition coefficient (Wildman–Crippen LogP) is 2.42. The molecule has 7 nitrogen and oxygen atoms in total. The van der Waals surface area contributed by atoms with Crippen molar-refractivity contribution in [2.75, 3.05) is 12.3 Å². The van der Waals surface area contributed by atoms with E-state index in [1.807, 2.05) is 20.8 Å². The SMILES string of the molecule is CCCOc1ncnc(Oc2cnn(C(C)C)c2)c1N. The Labute approximate surface area is 117 Å². The molecule has 2 heterocycles. The van der Waals surface area contributed by atoms with Crippen molar-refractivity contribution in [1.29, 1.82) is 0 Å². The molecule has 2 aromatic rings. The van der Waals surface area contributed by atoms with Gasteiger partial charge >= 0.3 is 0 Å². The second-order valence-corrected chi connectivity index (χ2v) is 4.60. The molecule has 0 fully saturated rings. The molecule has 108 valence electrons. The molecule has 20 heavy (non-hydrogen) atoms. The van der Waals surface area contributed by atoms with Gasteiger partial charge in [-0.2, -0.15) is 15.1 Å². The van der Waals surface area contributed by atoms with Crippen molar-refractivity contribution in [2.45, 2.75) is 33.2 Å². The van der Waals surface area contributed by atoms with Gasteiger partial charge in [0.2, 0.25) is 11.8 Å². The summed E-state index contributed by atoms with van der Waals surface area (Å²) in [6, 6.07) is 0.263. The van der Waals surface area contributed by atoms with E-state index in [1.54, 1.807) is 17.1 Å². The van der Waals surface area contributed by atoms with Crippen molar-refractivity contribution < 1.29 is 9.47 Å². The molecule has 0 bridgehead atoms. The number of anilines is 1. The van der Waals surface area contributed by atoms with Crippen molar-refractivity contribution in [3.63, 3.8) is 0 Å². The van der Waals surface area contributed by atoms with E-state index in [2.05, 4.69) is 15.1 Å². The Morgan fingerprint density at radius 2 is 2.05 bits per heavy atom. The van der Waals surface area contributed by atoms with Crippen LogP contribution in [0.3, 0.4) is 0 Å². The van der Waals surface area contributed by atoms with E-state index in [1.165, 1.54) is 6.33 Å². The summed E-state index contributed by atoms with van der Waals surface area (Å²) in [5.74, 6) is 1.19. The molecule has 0 radical (unpaired) electrons. The van der Waals surface area contributed by atoms with Crippen LogP contribution in [-0.2, 0) is 0 Å². The van der Waals surface area contributed by atoms with Crippen LogP contribution in [0.4, 0.5) is 5.69 Å². The van der Waals surface area contributed by atoms with Crippen molar-refractivity contribution >= 4 is 5.69 Å². The third kappa shape index (κ3) is 3.17. The molecule has 0 aliphatic carbocycles. The van der Waals surface area contributed by atoms with Gasteiger partial charge in [-0.05, 0) is 20.3 Å². The van der Waals surface area contributed by atoms with Crippen LogP contribution in [0, 0.1) is 0 Å². The summed E-state index contributed by atoms with van der Waals surface area (Å²) in [7, 11) is 0. The van der Waals surface area contributed by atoms with Crippen LogP contribution >= 0.6 is 0 Å². The summed E-state index contributed by atoms with van der Waals surface area (Å²) in [5.41, 5.74) is 6.23. The Kier molecular flexibility index (Phi) is 4.39. The monoisotopic (exact) mass is 277 g/mol. The van der Waals surface area contributed by atoms with E-state index in [0.717, 1.165) is 6.42 Å². The molecule has 0 aliphatic rings. The van der Waals surface area contributed by atoms with Gasteiger partial charge in [0.15, 0.2) is 11.4 Å². The summed E-state index contributed by atoms with van der Waals surface area (Å²) in [4.78, 5) is 8.01. The van der Waals surface area contributed by atoms with Crippen LogP contribution in [0.25, 0.3) is 0 Å². The maximum absolute atomic E-state index is 5.94. The number of ether oxygens (including phenoxy) is 2. The van der Waals surface area contributed by atoms with E-state index in [-0.39, 0.29) is 11.9 Å². The van der Waals surface area contributed by atoms with Gasteiger partial charge in [0, 0.05) is 6.04 Å². The first-order valence-corrected chi connectivity index (χ1v) is 6.57. The maximum atomic E-state index is 5.94. The Morgan fingerprint density at radius 1 is 1.30 bits per heavy atom. The average molecular weight is 277 g/mol. The van der Waals surface area contributed by atoms with Crippen molar-refractivity contribution in [3.8, 4) is 17.5 Å². The lowest BCUT2D eigenvalue weighted by molar-refractivity contribution is 0.304. The number of rotatable bonds is 6. The first-order chi connectivity index (χ1) is 9.61. The molecule has 0 aromatic carbocycles. The third-order valence-corrected chi connectivity index (χ3v) is 2.58. The van der Waals surface area contributed by atoms with Crippen LogP contribution in [0.1, 0.15) is 33.2 Å². The first-order valence-electron chi connectivity index (χ1n) is 6.57. The van der Waals surface area contributed by atoms with Gasteiger partial charge in [0.1, 0.15) is 6.33 Å². The molecular formula is C13H19N5O2. The van der Waals surface area contributed by atoms with Crippen LogP contribution in [0.2, 0.25) is 0 Å². The number of nitrogen functional groups attached to an aromatic ring is 1. The number of hydrogen-bond donors (Lipinski definition) is 1. The number of hydrogen-bond acceptors (Lipinski definition) is 6. The Morgan fingerprint density at radius 3 is 2.70 bits per heavy atom. The Hall–Kier alpha value is -2.31. The summed E-state index contributed by atoms with van der Waals surface area (Å²) >= 11 is 0. The molecule has 0 atom stereocenters. The average Bonchev–Trinajstić information content (AvgIpc) is 2.88. The Balaban J connectivity index is 2.15. The molecule has 2 aromatic heterocycles. The molecule has 0 spiro atoms. The minimum Gasteiger partial charge on any atom is -0.476 e. The molecule has 2 N–H and O–H groups in total. The van der Waals surface area contributed by atoms with Gasteiger partial charge in [0.05, 0.1) is 19.0 Å². The highest BCUT2D eigenvalue weighted by Crippen LogP contribution is 2.30. The summed E-state index contributed by atoms with van der Waals surface area (Å²) in [6.07, 6.45) is 5.65. The molecule has 7 heteroatoms.